The Hall–Kier alpha value is -1.71. The van der Waals surface area contributed by atoms with E-state index in [1.807, 2.05) is 21.1 Å². The van der Waals surface area contributed by atoms with Crippen molar-refractivity contribution >= 4 is 17.9 Å². The van der Waals surface area contributed by atoms with E-state index >= 15 is 0 Å². The van der Waals surface area contributed by atoms with Gasteiger partial charge in [0.2, 0.25) is 0 Å². The Morgan fingerprint density at radius 2 is 0.600 bits per heavy atom. The van der Waals surface area contributed by atoms with E-state index < -0.39 is 18.4 Å². The van der Waals surface area contributed by atoms with Crippen molar-refractivity contribution in [2.24, 2.45) is 0 Å². The summed E-state index contributed by atoms with van der Waals surface area (Å²) >= 11 is 0. The molecule has 0 rings (SSSR count). The molecular weight excluding hydrogens is 935 g/mol. The summed E-state index contributed by atoms with van der Waals surface area (Å²) in [5.41, 5.74) is 0. The first-order chi connectivity index (χ1) is 36.6. The fourth-order valence-corrected chi connectivity index (χ4v) is 10.3. The zero-order chi connectivity index (χ0) is 54.8. The number of carbonyl (C=O) groups is 3. The highest BCUT2D eigenvalue weighted by atomic mass is 16.7. The highest BCUT2D eigenvalue weighted by Crippen LogP contribution is 2.19. The summed E-state index contributed by atoms with van der Waals surface area (Å²) < 4.78 is 23.0. The monoisotopic (exact) mass is 1060 g/mol. The largest absolute Gasteiger partial charge is 0.477 e. The molecule has 0 aliphatic rings. The van der Waals surface area contributed by atoms with Crippen LogP contribution in [0, 0.1) is 0 Å². The zero-order valence-corrected chi connectivity index (χ0v) is 51.0. The lowest BCUT2D eigenvalue weighted by molar-refractivity contribution is -0.870. The summed E-state index contributed by atoms with van der Waals surface area (Å²) in [6, 6.07) is 0. The maximum absolute atomic E-state index is 12.9. The van der Waals surface area contributed by atoms with E-state index in [0.717, 1.165) is 38.5 Å². The van der Waals surface area contributed by atoms with E-state index in [4.69, 9.17) is 18.9 Å². The fraction of sp³-hybridized carbons (Fsp3) is 0.955. The van der Waals surface area contributed by atoms with Crippen LogP contribution < -0.4 is 0 Å². The lowest BCUT2D eigenvalue weighted by atomic mass is 10.0. The van der Waals surface area contributed by atoms with Crippen LogP contribution in [0.4, 0.5) is 0 Å². The Morgan fingerprint density at radius 1 is 0.347 bits per heavy atom. The number of likely N-dealkylation sites (N-methyl/N-ethyl adjacent to an activating group) is 1. The molecule has 0 bridgehead atoms. The van der Waals surface area contributed by atoms with Crippen LogP contribution >= 0.6 is 0 Å². The van der Waals surface area contributed by atoms with Gasteiger partial charge in [-0.15, -0.1) is 0 Å². The third-order valence-electron chi connectivity index (χ3n) is 15.4. The molecule has 75 heavy (non-hydrogen) atoms. The number of carbonyl (C=O) groups excluding carboxylic acids is 2. The smallest absolute Gasteiger partial charge is 0.361 e. The average Bonchev–Trinajstić information content (AvgIpc) is 3.38. The second-order valence-corrected chi connectivity index (χ2v) is 24.2. The van der Waals surface area contributed by atoms with E-state index in [2.05, 4.69) is 13.8 Å². The summed E-state index contributed by atoms with van der Waals surface area (Å²) in [5.74, 6) is -1.97. The molecule has 0 saturated heterocycles. The Morgan fingerprint density at radius 3 is 0.853 bits per heavy atom. The molecule has 0 saturated carbocycles. The number of rotatable bonds is 63. The molecule has 0 aromatic carbocycles. The summed E-state index contributed by atoms with van der Waals surface area (Å²) in [6.45, 7) is 4.96. The van der Waals surface area contributed by atoms with Gasteiger partial charge in [-0.05, 0) is 12.8 Å². The van der Waals surface area contributed by atoms with Gasteiger partial charge in [0.1, 0.15) is 13.2 Å². The predicted octanol–water partition coefficient (Wildman–Crippen LogP) is 19.9. The molecule has 2 unspecified atom stereocenters. The van der Waals surface area contributed by atoms with Gasteiger partial charge in [0.25, 0.3) is 6.29 Å². The topological polar surface area (TPSA) is 108 Å². The molecule has 446 valence electrons. The van der Waals surface area contributed by atoms with Crippen molar-refractivity contribution in [2.75, 3.05) is 47.5 Å². The number of carboxylic acids is 1. The van der Waals surface area contributed by atoms with Crippen LogP contribution in [0.25, 0.3) is 0 Å². The van der Waals surface area contributed by atoms with Gasteiger partial charge in [-0.25, -0.2) is 4.79 Å². The number of aliphatic carboxylic acids is 1. The Bertz CT molecular complexity index is 1190. The van der Waals surface area contributed by atoms with Gasteiger partial charge >= 0.3 is 17.9 Å². The quantitative estimate of drug-likeness (QED) is 0.0278. The van der Waals surface area contributed by atoms with Crippen molar-refractivity contribution in [1.82, 2.24) is 0 Å². The summed E-state index contributed by atoms with van der Waals surface area (Å²) in [5, 5.41) is 9.72. The van der Waals surface area contributed by atoms with Crippen LogP contribution in [0.1, 0.15) is 348 Å². The number of hydrogen-bond donors (Lipinski definition) is 1. The molecule has 0 fully saturated rings. The molecule has 0 spiro atoms. The van der Waals surface area contributed by atoms with Crippen molar-refractivity contribution < 1.29 is 42.9 Å². The first-order valence-electron chi connectivity index (χ1n) is 33.2. The Balaban J connectivity index is 4.03. The first kappa shape index (κ1) is 73.3. The molecule has 0 aliphatic carbocycles. The molecule has 9 heteroatoms. The molecule has 0 aromatic rings. The summed E-state index contributed by atoms with van der Waals surface area (Å²) in [7, 11) is 5.99. The van der Waals surface area contributed by atoms with Gasteiger partial charge in [0, 0.05) is 12.8 Å². The lowest BCUT2D eigenvalue weighted by Crippen LogP contribution is -2.40. The third kappa shape index (κ3) is 59.8. The maximum Gasteiger partial charge on any atom is 0.361 e. The number of quaternary nitrogens is 1. The molecular formula is C66H130NO8+. The lowest BCUT2D eigenvalue weighted by Gasteiger charge is -2.25. The molecule has 1 N–H and O–H groups in total. The van der Waals surface area contributed by atoms with Crippen LogP contribution in [0.3, 0.4) is 0 Å². The minimum absolute atomic E-state index is 0.172. The SMILES string of the molecule is CCCCCCCCCCCCCCCCCCCCCCCCCCCCCCCCCCC(=O)OC(COC(=O)CCCCCCCCCCCCCCCCCCCC)COC(OCC[N+](C)(C)C)C(=O)O. The van der Waals surface area contributed by atoms with Crippen molar-refractivity contribution in [3.8, 4) is 0 Å². The highest BCUT2D eigenvalue weighted by Gasteiger charge is 2.25. The Kier molecular flexibility index (Phi) is 57.1. The molecule has 0 aliphatic heterocycles. The van der Waals surface area contributed by atoms with Crippen molar-refractivity contribution in [2.45, 2.75) is 360 Å². The minimum Gasteiger partial charge on any atom is -0.477 e. The average molecular weight is 1070 g/mol. The number of hydrogen-bond acceptors (Lipinski definition) is 7. The molecule has 2 atom stereocenters. The number of unbranched alkanes of at least 4 members (excludes halogenated alkanes) is 48. The normalized spacial score (nSPS) is 12.6. The van der Waals surface area contributed by atoms with Crippen LogP contribution in [-0.4, -0.2) is 87.4 Å². The van der Waals surface area contributed by atoms with Crippen molar-refractivity contribution in [3.63, 3.8) is 0 Å². The van der Waals surface area contributed by atoms with Crippen molar-refractivity contribution in [3.05, 3.63) is 0 Å². The standard InChI is InChI=1S/C66H129NO8/c1-6-8-10-12-14-16-18-20-22-24-26-27-28-29-30-31-32-33-34-35-36-37-38-39-41-43-45-47-49-51-53-55-57-64(69)75-62(61-74-66(65(70)71)72-59-58-67(3,4)5)60-73-63(68)56-54-52-50-48-46-44-42-40-25-23-21-19-17-15-13-11-9-7-2/h62,66H,6-61H2,1-5H3/p+1. The summed E-state index contributed by atoms with van der Waals surface area (Å²) in [6.07, 6.45) is 65.0. The van der Waals surface area contributed by atoms with E-state index in [1.165, 1.54) is 283 Å². The fourth-order valence-electron chi connectivity index (χ4n) is 10.3. The van der Waals surface area contributed by atoms with Gasteiger partial charge in [-0.1, -0.05) is 322 Å². The van der Waals surface area contributed by atoms with Crippen LogP contribution in [-0.2, 0) is 33.3 Å². The predicted molar refractivity (Wildman–Crippen MR) is 318 cm³/mol. The minimum atomic E-state index is -1.50. The van der Waals surface area contributed by atoms with Gasteiger partial charge in [0.05, 0.1) is 34.4 Å². The summed E-state index contributed by atoms with van der Waals surface area (Å²) in [4.78, 5) is 37.5. The second kappa shape index (κ2) is 58.4. The molecule has 0 radical (unpaired) electrons. The van der Waals surface area contributed by atoms with Gasteiger partial charge < -0.3 is 28.5 Å². The third-order valence-corrected chi connectivity index (χ3v) is 15.4. The number of ether oxygens (including phenoxy) is 4. The molecule has 9 nitrogen and oxygen atoms in total. The van der Waals surface area contributed by atoms with Gasteiger partial charge in [-0.2, -0.15) is 0 Å². The molecule has 0 heterocycles. The number of nitrogens with zero attached hydrogens (tertiary/aromatic N) is 1. The van der Waals surface area contributed by atoms with E-state index in [1.54, 1.807) is 0 Å². The second-order valence-electron chi connectivity index (χ2n) is 24.2. The van der Waals surface area contributed by atoms with Gasteiger partial charge in [0.15, 0.2) is 6.10 Å². The van der Waals surface area contributed by atoms with E-state index in [0.29, 0.717) is 17.4 Å². The Labute approximate surface area is 466 Å². The van der Waals surface area contributed by atoms with Crippen molar-refractivity contribution in [1.29, 1.82) is 0 Å². The van der Waals surface area contributed by atoms with Crippen LogP contribution in [0.5, 0.6) is 0 Å². The van der Waals surface area contributed by atoms with E-state index in [9.17, 15) is 19.5 Å². The van der Waals surface area contributed by atoms with Crippen LogP contribution in [0.15, 0.2) is 0 Å². The molecule has 0 aromatic heterocycles. The maximum atomic E-state index is 12.9. The highest BCUT2D eigenvalue weighted by molar-refractivity contribution is 5.71. The van der Waals surface area contributed by atoms with E-state index in [-0.39, 0.29) is 38.2 Å². The van der Waals surface area contributed by atoms with Gasteiger partial charge in [-0.3, -0.25) is 9.59 Å². The number of esters is 2. The zero-order valence-electron chi connectivity index (χ0n) is 51.0. The first-order valence-corrected chi connectivity index (χ1v) is 33.2. The molecule has 0 amide bonds. The number of carboxylic acid groups (broad SMARTS) is 1. The van der Waals surface area contributed by atoms with Crippen LogP contribution in [0.2, 0.25) is 0 Å².